The molecule has 3 rings (SSSR count). The number of aliphatic hydroxyl groups excluding tert-OH is 1. The molecule has 23 heavy (non-hydrogen) atoms. The van der Waals surface area contributed by atoms with Crippen molar-refractivity contribution in [3.05, 3.63) is 64.7 Å². The van der Waals surface area contributed by atoms with Gasteiger partial charge < -0.3 is 14.9 Å². The molecule has 0 saturated heterocycles. The van der Waals surface area contributed by atoms with E-state index in [-0.39, 0.29) is 12.6 Å². The molecule has 3 aromatic rings. The van der Waals surface area contributed by atoms with Crippen molar-refractivity contribution in [2.45, 2.75) is 13.0 Å². The van der Waals surface area contributed by atoms with Gasteiger partial charge >= 0.3 is 6.01 Å². The van der Waals surface area contributed by atoms with Crippen molar-refractivity contribution in [2.24, 2.45) is 0 Å². The van der Waals surface area contributed by atoms with Crippen LogP contribution in [0.3, 0.4) is 0 Å². The number of aromatic nitrogens is 2. The Bertz CT molecular complexity index is 804. The molecule has 0 aliphatic rings. The zero-order chi connectivity index (χ0) is 16.2. The van der Waals surface area contributed by atoms with Gasteiger partial charge in [-0.1, -0.05) is 58.7 Å². The molecule has 0 radical (unpaired) electrons. The summed E-state index contributed by atoms with van der Waals surface area (Å²) < 4.78 is 5.14. The first-order valence-electron chi connectivity index (χ1n) is 7.20. The van der Waals surface area contributed by atoms with Gasteiger partial charge in [-0.05, 0) is 24.6 Å². The van der Waals surface area contributed by atoms with E-state index in [1.165, 1.54) is 0 Å². The van der Waals surface area contributed by atoms with Crippen molar-refractivity contribution in [2.75, 3.05) is 11.9 Å². The van der Waals surface area contributed by atoms with Gasteiger partial charge in [0.15, 0.2) is 0 Å². The third kappa shape index (κ3) is 3.88. The molecule has 2 aromatic carbocycles. The van der Waals surface area contributed by atoms with E-state index >= 15 is 0 Å². The molecular formula is C17H16ClN3O2. The quantitative estimate of drug-likeness (QED) is 0.744. The van der Waals surface area contributed by atoms with Gasteiger partial charge in [-0.2, -0.15) is 4.98 Å². The predicted octanol–water partition coefficient (Wildman–Crippen LogP) is 3.84. The van der Waals surface area contributed by atoms with Crippen LogP contribution in [-0.4, -0.2) is 21.8 Å². The van der Waals surface area contributed by atoms with Crippen LogP contribution in [0.2, 0.25) is 5.02 Å². The highest BCUT2D eigenvalue weighted by molar-refractivity contribution is 6.30. The summed E-state index contributed by atoms with van der Waals surface area (Å²) in [4.78, 5) is 4.25. The maximum Gasteiger partial charge on any atom is 0.321 e. The SMILES string of the molecule is Cc1cccc(C(O)CNc2nc(-c3cccc(Cl)c3)no2)c1. The lowest BCUT2D eigenvalue weighted by Gasteiger charge is -2.11. The van der Waals surface area contributed by atoms with E-state index in [1.807, 2.05) is 43.3 Å². The maximum absolute atomic E-state index is 10.2. The van der Waals surface area contributed by atoms with Crippen LogP contribution in [0.4, 0.5) is 6.01 Å². The van der Waals surface area contributed by atoms with Gasteiger partial charge in [0.2, 0.25) is 5.82 Å². The van der Waals surface area contributed by atoms with E-state index in [9.17, 15) is 5.11 Å². The number of hydrogen-bond donors (Lipinski definition) is 2. The second-order valence-electron chi connectivity index (χ2n) is 5.24. The molecule has 1 aromatic heterocycles. The Hall–Kier alpha value is -2.37. The molecule has 0 saturated carbocycles. The van der Waals surface area contributed by atoms with Crippen molar-refractivity contribution in [1.82, 2.24) is 10.1 Å². The van der Waals surface area contributed by atoms with E-state index in [2.05, 4.69) is 15.5 Å². The summed E-state index contributed by atoms with van der Waals surface area (Å²) in [6.07, 6.45) is -0.656. The van der Waals surface area contributed by atoms with Crippen molar-refractivity contribution in [3.63, 3.8) is 0 Å². The van der Waals surface area contributed by atoms with Crippen LogP contribution in [-0.2, 0) is 0 Å². The van der Waals surface area contributed by atoms with Crippen LogP contribution in [0.1, 0.15) is 17.2 Å². The number of halogens is 1. The summed E-state index contributed by atoms with van der Waals surface area (Å²) in [6, 6.07) is 15.2. The minimum Gasteiger partial charge on any atom is -0.387 e. The van der Waals surface area contributed by atoms with Crippen molar-refractivity contribution in [3.8, 4) is 11.4 Å². The minimum absolute atomic E-state index is 0.256. The highest BCUT2D eigenvalue weighted by atomic mass is 35.5. The standard InChI is InChI=1S/C17H16ClN3O2/c1-11-4-2-5-12(8-11)15(22)10-19-17-20-16(21-23-17)13-6-3-7-14(18)9-13/h2-9,15,22H,10H2,1H3,(H,19,20,21). The third-order valence-electron chi connectivity index (χ3n) is 3.38. The van der Waals surface area contributed by atoms with Crippen molar-refractivity contribution < 1.29 is 9.63 Å². The lowest BCUT2D eigenvalue weighted by atomic mass is 10.1. The van der Waals surface area contributed by atoms with Crippen LogP contribution in [0.5, 0.6) is 0 Å². The highest BCUT2D eigenvalue weighted by Gasteiger charge is 2.12. The number of aliphatic hydroxyl groups is 1. The number of nitrogens with one attached hydrogen (secondary N) is 1. The molecule has 6 heteroatoms. The van der Waals surface area contributed by atoms with Gasteiger partial charge in [-0.15, -0.1) is 0 Å². The third-order valence-corrected chi connectivity index (χ3v) is 3.62. The molecule has 118 valence electrons. The van der Waals surface area contributed by atoms with Gasteiger partial charge in [0, 0.05) is 17.1 Å². The molecule has 2 N–H and O–H groups in total. The molecule has 1 heterocycles. The fraction of sp³-hybridized carbons (Fsp3) is 0.176. The Labute approximate surface area is 138 Å². The Kier molecular flexibility index (Phi) is 4.60. The Morgan fingerprint density at radius 3 is 2.83 bits per heavy atom. The molecule has 1 atom stereocenters. The van der Waals surface area contributed by atoms with E-state index in [1.54, 1.807) is 12.1 Å². The molecule has 0 bridgehead atoms. The second kappa shape index (κ2) is 6.81. The average Bonchev–Trinajstić information content (AvgIpc) is 3.01. The first-order valence-corrected chi connectivity index (χ1v) is 7.58. The van der Waals surface area contributed by atoms with Crippen LogP contribution >= 0.6 is 11.6 Å². The van der Waals surface area contributed by atoms with E-state index in [0.717, 1.165) is 16.7 Å². The number of anilines is 1. The predicted molar refractivity (Wildman–Crippen MR) is 89.4 cm³/mol. The van der Waals surface area contributed by atoms with Gasteiger partial charge in [0.05, 0.1) is 6.10 Å². The first-order chi connectivity index (χ1) is 11.1. The topological polar surface area (TPSA) is 71.2 Å². The fourth-order valence-corrected chi connectivity index (χ4v) is 2.41. The zero-order valence-corrected chi connectivity index (χ0v) is 13.3. The monoisotopic (exact) mass is 329 g/mol. The van der Waals surface area contributed by atoms with Gasteiger partial charge in [0.25, 0.3) is 0 Å². The number of rotatable bonds is 5. The number of nitrogens with zero attached hydrogens (tertiary/aromatic N) is 2. The van der Waals surface area contributed by atoms with Gasteiger partial charge in [0.1, 0.15) is 0 Å². The van der Waals surface area contributed by atoms with E-state index in [0.29, 0.717) is 10.8 Å². The summed E-state index contributed by atoms with van der Waals surface area (Å²) in [7, 11) is 0. The number of hydrogen-bond acceptors (Lipinski definition) is 5. The van der Waals surface area contributed by atoms with E-state index < -0.39 is 6.10 Å². The highest BCUT2D eigenvalue weighted by Crippen LogP contribution is 2.21. The van der Waals surface area contributed by atoms with Gasteiger partial charge in [-0.3, -0.25) is 0 Å². The Morgan fingerprint density at radius 1 is 1.22 bits per heavy atom. The molecule has 0 aliphatic carbocycles. The van der Waals surface area contributed by atoms with Crippen LogP contribution in [0.25, 0.3) is 11.4 Å². The van der Waals surface area contributed by atoms with Crippen LogP contribution < -0.4 is 5.32 Å². The molecule has 0 fully saturated rings. The Morgan fingerprint density at radius 2 is 2.04 bits per heavy atom. The van der Waals surface area contributed by atoms with Crippen molar-refractivity contribution >= 4 is 17.6 Å². The molecular weight excluding hydrogens is 314 g/mol. The summed E-state index contributed by atoms with van der Waals surface area (Å²) in [6.45, 7) is 2.26. The fourth-order valence-electron chi connectivity index (χ4n) is 2.22. The maximum atomic E-state index is 10.2. The molecule has 1 unspecified atom stereocenters. The normalized spacial score (nSPS) is 12.1. The molecule has 0 amide bonds. The molecule has 0 spiro atoms. The summed E-state index contributed by atoms with van der Waals surface area (Å²) >= 11 is 5.95. The molecule has 5 nitrogen and oxygen atoms in total. The second-order valence-corrected chi connectivity index (χ2v) is 5.68. The van der Waals surface area contributed by atoms with Crippen molar-refractivity contribution in [1.29, 1.82) is 0 Å². The zero-order valence-electron chi connectivity index (χ0n) is 12.5. The lowest BCUT2D eigenvalue weighted by molar-refractivity contribution is 0.190. The number of benzene rings is 2. The lowest BCUT2D eigenvalue weighted by Crippen LogP contribution is -2.12. The largest absolute Gasteiger partial charge is 0.387 e. The Balaban J connectivity index is 1.65. The summed E-state index contributed by atoms with van der Waals surface area (Å²) in [5, 5.41) is 17.7. The summed E-state index contributed by atoms with van der Waals surface area (Å²) in [5.74, 6) is 0.444. The first kappa shape index (κ1) is 15.5. The van der Waals surface area contributed by atoms with E-state index in [4.69, 9.17) is 16.1 Å². The average molecular weight is 330 g/mol. The molecule has 0 aliphatic heterocycles. The van der Waals surface area contributed by atoms with Crippen LogP contribution in [0, 0.1) is 6.92 Å². The minimum atomic E-state index is -0.656. The van der Waals surface area contributed by atoms with Crippen LogP contribution in [0.15, 0.2) is 53.1 Å². The number of aryl methyl sites for hydroxylation is 1. The smallest absolute Gasteiger partial charge is 0.321 e. The summed E-state index contributed by atoms with van der Waals surface area (Å²) in [5.41, 5.74) is 2.71. The van der Waals surface area contributed by atoms with Gasteiger partial charge in [-0.25, -0.2) is 0 Å².